The van der Waals surface area contributed by atoms with Crippen molar-refractivity contribution < 1.29 is 9.53 Å². The fraction of sp³-hybridized carbons (Fsp3) is 0.429. The Bertz CT molecular complexity index is 458. The third kappa shape index (κ3) is 3.32. The number of esters is 1. The zero-order valence-corrected chi connectivity index (χ0v) is 10.5. The smallest absolute Gasteiger partial charge is 0.310 e. The molecule has 0 saturated heterocycles. The Morgan fingerprint density at radius 1 is 1.35 bits per heavy atom. The molecule has 1 aromatic carbocycles. The van der Waals surface area contributed by atoms with E-state index in [1.165, 1.54) is 0 Å². The molecule has 0 aliphatic carbocycles. The highest BCUT2D eigenvalue weighted by Gasteiger charge is 2.10. The van der Waals surface area contributed by atoms with Gasteiger partial charge in [-0.2, -0.15) is 5.26 Å². The van der Waals surface area contributed by atoms with Gasteiger partial charge in [0.25, 0.3) is 0 Å². The lowest BCUT2D eigenvalue weighted by Crippen LogP contribution is -2.09. The average molecular weight is 231 g/mol. The number of carbonyl (C=O) groups is 1. The number of aryl methyl sites for hydroxylation is 2. The molecular formula is C14H17NO2. The van der Waals surface area contributed by atoms with Gasteiger partial charge in [-0.1, -0.05) is 13.0 Å². The van der Waals surface area contributed by atoms with Crippen molar-refractivity contribution in [1.29, 1.82) is 5.26 Å². The van der Waals surface area contributed by atoms with Gasteiger partial charge in [-0.15, -0.1) is 0 Å². The second-order valence-electron chi connectivity index (χ2n) is 3.88. The summed E-state index contributed by atoms with van der Waals surface area (Å²) in [4.78, 5) is 11.4. The van der Waals surface area contributed by atoms with Crippen LogP contribution in [0.5, 0.6) is 0 Å². The van der Waals surface area contributed by atoms with Crippen LogP contribution < -0.4 is 0 Å². The van der Waals surface area contributed by atoms with Crippen molar-refractivity contribution >= 4 is 5.97 Å². The highest BCUT2D eigenvalue weighted by molar-refractivity contribution is 5.73. The maximum absolute atomic E-state index is 11.4. The lowest BCUT2D eigenvalue weighted by Gasteiger charge is -2.09. The number of benzene rings is 1. The molecular weight excluding hydrogens is 214 g/mol. The Morgan fingerprint density at radius 3 is 2.59 bits per heavy atom. The van der Waals surface area contributed by atoms with Crippen molar-refractivity contribution in [3.8, 4) is 6.07 Å². The van der Waals surface area contributed by atoms with Gasteiger partial charge in [0, 0.05) is 0 Å². The predicted molar refractivity (Wildman–Crippen MR) is 65.6 cm³/mol. The van der Waals surface area contributed by atoms with Gasteiger partial charge in [0.15, 0.2) is 0 Å². The summed E-state index contributed by atoms with van der Waals surface area (Å²) < 4.78 is 4.93. The molecule has 0 saturated carbocycles. The maximum Gasteiger partial charge on any atom is 0.310 e. The molecule has 3 heteroatoms. The first-order chi connectivity index (χ1) is 8.12. The van der Waals surface area contributed by atoms with Gasteiger partial charge in [0.05, 0.1) is 24.7 Å². The van der Waals surface area contributed by atoms with Gasteiger partial charge in [-0.25, -0.2) is 0 Å². The van der Waals surface area contributed by atoms with E-state index in [1.54, 1.807) is 6.92 Å². The number of hydrogen-bond donors (Lipinski definition) is 0. The van der Waals surface area contributed by atoms with Crippen molar-refractivity contribution in [2.24, 2.45) is 0 Å². The Morgan fingerprint density at radius 2 is 2.06 bits per heavy atom. The van der Waals surface area contributed by atoms with Gasteiger partial charge in [0.1, 0.15) is 0 Å². The Labute approximate surface area is 102 Å². The first-order valence-corrected chi connectivity index (χ1v) is 5.80. The summed E-state index contributed by atoms with van der Waals surface area (Å²) in [6.45, 7) is 6.10. The van der Waals surface area contributed by atoms with Crippen LogP contribution in [0.4, 0.5) is 0 Å². The van der Waals surface area contributed by atoms with Gasteiger partial charge < -0.3 is 4.74 Å². The molecule has 0 bridgehead atoms. The van der Waals surface area contributed by atoms with Gasteiger partial charge >= 0.3 is 5.97 Å². The predicted octanol–water partition coefficient (Wildman–Crippen LogP) is 2.53. The highest BCUT2D eigenvalue weighted by Crippen LogP contribution is 2.17. The molecule has 1 aromatic rings. The molecule has 0 spiro atoms. The number of carbonyl (C=O) groups excluding carboxylic acids is 1. The first kappa shape index (κ1) is 13.2. The second kappa shape index (κ2) is 6.05. The van der Waals surface area contributed by atoms with Gasteiger partial charge in [0.2, 0.25) is 0 Å². The molecule has 1 rings (SSSR count). The van der Waals surface area contributed by atoms with Crippen LogP contribution in [0.15, 0.2) is 12.1 Å². The lowest BCUT2D eigenvalue weighted by atomic mass is 9.96. The van der Waals surface area contributed by atoms with E-state index >= 15 is 0 Å². The van der Waals surface area contributed by atoms with Crippen molar-refractivity contribution in [3.05, 3.63) is 34.4 Å². The summed E-state index contributed by atoms with van der Waals surface area (Å²) in [5.74, 6) is -0.220. The molecule has 3 nitrogen and oxygen atoms in total. The minimum absolute atomic E-state index is 0.220. The van der Waals surface area contributed by atoms with E-state index in [4.69, 9.17) is 10.00 Å². The van der Waals surface area contributed by atoms with Crippen LogP contribution in [0.1, 0.15) is 36.1 Å². The third-order valence-electron chi connectivity index (χ3n) is 2.70. The summed E-state index contributed by atoms with van der Waals surface area (Å²) in [5.41, 5.74) is 3.58. The fourth-order valence-corrected chi connectivity index (χ4v) is 1.76. The monoisotopic (exact) mass is 231 g/mol. The van der Waals surface area contributed by atoms with Crippen LogP contribution in [0.2, 0.25) is 0 Å². The Hall–Kier alpha value is -1.82. The lowest BCUT2D eigenvalue weighted by molar-refractivity contribution is -0.142. The molecule has 0 amide bonds. The van der Waals surface area contributed by atoms with Crippen molar-refractivity contribution in [2.45, 2.75) is 33.6 Å². The van der Waals surface area contributed by atoms with E-state index in [1.807, 2.05) is 26.0 Å². The molecule has 0 atom stereocenters. The second-order valence-corrected chi connectivity index (χ2v) is 3.88. The van der Waals surface area contributed by atoms with Crippen molar-refractivity contribution in [2.75, 3.05) is 6.61 Å². The van der Waals surface area contributed by atoms with Crippen LogP contribution >= 0.6 is 0 Å². The molecule has 90 valence electrons. The molecule has 0 aliphatic heterocycles. The van der Waals surface area contributed by atoms with Crippen LogP contribution in [-0.4, -0.2) is 12.6 Å². The zero-order chi connectivity index (χ0) is 12.8. The average Bonchev–Trinajstić information content (AvgIpc) is 2.31. The Balaban J connectivity index is 3.01. The molecule has 17 heavy (non-hydrogen) atoms. The topological polar surface area (TPSA) is 50.1 Å². The minimum Gasteiger partial charge on any atom is -0.466 e. The van der Waals surface area contributed by atoms with E-state index in [0.717, 1.165) is 23.1 Å². The summed E-state index contributed by atoms with van der Waals surface area (Å²) >= 11 is 0. The van der Waals surface area contributed by atoms with Crippen molar-refractivity contribution in [1.82, 2.24) is 0 Å². The SMILES string of the molecule is CCOC(=O)Cc1cc(CC)c(C#N)cc1C. The number of hydrogen-bond acceptors (Lipinski definition) is 3. The van der Waals surface area contributed by atoms with Gasteiger partial charge in [-0.3, -0.25) is 4.79 Å². The molecule has 0 heterocycles. The standard InChI is InChI=1S/C14H17NO2/c1-4-11-7-12(8-14(16)17-5-2)10(3)6-13(11)9-15/h6-7H,4-5,8H2,1-3H3. The largest absolute Gasteiger partial charge is 0.466 e. The molecule has 0 N–H and O–H groups in total. The van der Waals surface area contributed by atoms with E-state index in [9.17, 15) is 4.79 Å². The van der Waals surface area contributed by atoms with E-state index in [2.05, 4.69) is 6.07 Å². The normalized spacial score (nSPS) is 9.76. The molecule has 0 aliphatic rings. The van der Waals surface area contributed by atoms with E-state index in [-0.39, 0.29) is 12.4 Å². The van der Waals surface area contributed by atoms with E-state index < -0.39 is 0 Å². The molecule has 0 unspecified atom stereocenters. The third-order valence-corrected chi connectivity index (χ3v) is 2.70. The molecule has 0 aromatic heterocycles. The number of nitrogens with zero attached hydrogens (tertiary/aromatic N) is 1. The Kier molecular flexibility index (Phi) is 4.71. The quantitative estimate of drug-likeness (QED) is 0.748. The van der Waals surface area contributed by atoms with E-state index in [0.29, 0.717) is 12.2 Å². The minimum atomic E-state index is -0.220. The summed E-state index contributed by atoms with van der Waals surface area (Å²) in [7, 11) is 0. The van der Waals surface area contributed by atoms with Crippen LogP contribution in [0.3, 0.4) is 0 Å². The highest BCUT2D eigenvalue weighted by atomic mass is 16.5. The first-order valence-electron chi connectivity index (χ1n) is 5.80. The number of nitriles is 1. The van der Waals surface area contributed by atoms with Crippen LogP contribution in [0.25, 0.3) is 0 Å². The number of ether oxygens (including phenoxy) is 1. The summed E-state index contributed by atoms with van der Waals surface area (Å²) in [6.07, 6.45) is 1.07. The van der Waals surface area contributed by atoms with Crippen LogP contribution in [-0.2, 0) is 22.4 Å². The molecule has 0 fully saturated rings. The maximum atomic E-state index is 11.4. The number of rotatable bonds is 4. The van der Waals surface area contributed by atoms with Gasteiger partial charge in [-0.05, 0) is 43.0 Å². The molecule has 0 radical (unpaired) electrons. The summed E-state index contributed by atoms with van der Waals surface area (Å²) in [5, 5.41) is 8.99. The van der Waals surface area contributed by atoms with Crippen molar-refractivity contribution in [3.63, 3.8) is 0 Å². The zero-order valence-electron chi connectivity index (χ0n) is 10.5. The van der Waals surface area contributed by atoms with Crippen LogP contribution in [0, 0.1) is 18.3 Å². The summed E-state index contributed by atoms with van der Waals surface area (Å²) in [6, 6.07) is 5.95. The fourth-order valence-electron chi connectivity index (χ4n) is 1.76.